The molecule has 1 saturated carbocycles. The normalized spacial score (nSPS) is 19.0. The molecule has 2 aromatic rings. The third kappa shape index (κ3) is 8.79. The summed E-state index contributed by atoms with van der Waals surface area (Å²) in [4.78, 5) is 12.3. The van der Waals surface area contributed by atoms with Crippen molar-refractivity contribution in [1.29, 1.82) is 0 Å². The van der Waals surface area contributed by atoms with Crippen molar-refractivity contribution < 1.29 is 10.2 Å². The number of aliphatic imine (C=N–C) groups is 2. The number of hydrogen-bond donors (Lipinski definition) is 2. The molecule has 0 unspecified atom stereocenters. The molecular weight excluding hydrogens is 533 g/mol. The van der Waals surface area contributed by atoms with Gasteiger partial charge in [-0.3, -0.25) is 9.98 Å². The van der Waals surface area contributed by atoms with Crippen LogP contribution in [0.15, 0.2) is 44.0 Å². The van der Waals surface area contributed by atoms with Gasteiger partial charge in [-0.15, -0.1) is 23.5 Å². The first-order valence-electron chi connectivity index (χ1n) is 14.7. The molecule has 1 fully saturated rings. The molecule has 1 aliphatic carbocycles. The van der Waals surface area contributed by atoms with Crippen molar-refractivity contribution in [2.45, 2.75) is 138 Å². The molecule has 0 spiro atoms. The van der Waals surface area contributed by atoms with Gasteiger partial charge in [0.15, 0.2) is 0 Å². The van der Waals surface area contributed by atoms with Gasteiger partial charge in [0, 0.05) is 55.0 Å². The summed E-state index contributed by atoms with van der Waals surface area (Å²) in [6.07, 6.45) is 7.90. The van der Waals surface area contributed by atoms with Crippen LogP contribution in [0.3, 0.4) is 0 Å². The van der Waals surface area contributed by atoms with Crippen LogP contribution in [0, 0.1) is 0 Å². The van der Waals surface area contributed by atoms with Crippen LogP contribution in [-0.4, -0.2) is 45.2 Å². The molecule has 2 atom stereocenters. The van der Waals surface area contributed by atoms with Gasteiger partial charge in [-0.2, -0.15) is 0 Å². The summed E-state index contributed by atoms with van der Waals surface area (Å²) in [7, 11) is 0. The first kappa shape index (κ1) is 32.6. The zero-order valence-electron chi connectivity index (χ0n) is 26.2. The number of rotatable bonds is 8. The molecule has 0 aromatic heterocycles. The number of benzene rings is 2. The van der Waals surface area contributed by atoms with E-state index in [1.54, 1.807) is 23.5 Å². The van der Waals surface area contributed by atoms with Gasteiger partial charge in [-0.1, -0.05) is 82.1 Å². The maximum atomic E-state index is 11.2. The second-order valence-electron chi connectivity index (χ2n) is 13.6. The molecule has 0 heterocycles. The second kappa shape index (κ2) is 13.4. The number of thioether (sulfide) groups is 2. The SMILES string of the molecule is CC(C)Sc1cc(C=N[C@@H]2CCCC[C@H]2N=Cc2cc(SC(C)C)cc(C(C)(C)C)c2O)c(O)c(C(C)(C)C)c1. The van der Waals surface area contributed by atoms with Gasteiger partial charge in [-0.05, 0) is 47.9 Å². The highest BCUT2D eigenvalue weighted by Gasteiger charge is 2.26. The van der Waals surface area contributed by atoms with Gasteiger partial charge in [-0.25, -0.2) is 0 Å². The molecule has 0 amide bonds. The van der Waals surface area contributed by atoms with E-state index in [0.29, 0.717) is 22.0 Å². The van der Waals surface area contributed by atoms with E-state index in [4.69, 9.17) is 9.98 Å². The zero-order valence-corrected chi connectivity index (χ0v) is 27.8. The Morgan fingerprint density at radius 3 is 1.32 bits per heavy atom. The Bertz CT molecular complexity index is 1120. The van der Waals surface area contributed by atoms with Crippen LogP contribution in [0.2, 0.25) is 0 Å². The Hall–Kier alpha value is -1.92. The van der Waals surface area contributed by atoms with Crippen molar-refractivity contribution in [3.05, 3.63) is 46.5 Å². The first-order chi connectivity index (χ1) is 18.6. The summed E-state index contributed by atoms with van der Waals surface area (Å²) in [5, 5.41) is 23.3. The molecule has 0 saturated heterocycles. The molecule has 2 N–H and O–H groups in total. The molecule has 220 valence electrons. The number of aromatic hydroxyl groups is 2. The van der Waals surface area contributed by atoms with Crippen LogP contribution in [0.25, 0.3) is 0 Å². The monoisotopic (exact) mass is 582 g/mol. The minimum absolute atomic E-state index is 0.0429. The molecule has 0 radical (unpaired) electrons. The maximum absolute atomic E-state index is 11.2. The summed E-state index contributed by atoms with van der Waals surface area (Å²) in [6, 6.07) is 8.44. The number of phenols is 2. The van der Waals surface area contributed by atoms with E-state index >= 15 is 0 Å². The third-order valence-electron chi connectivity index (χ3n) is 7.09. The van der Waals surface area contributed by atoms with Crippen LogP contribution in [-0.2, 0) is 10.8 Å². The Balaban J connectivity index is 1.94. The largest absolute Gasteiger partial charge is 0.507 e. The lowest BCUT2D eigenvalue weighted by atomic mass is 9.85. The van der Waals surface area contributed by atoms with E-state index in [0.717, 1.165) is 57.7 Å². The van der Waals surface area contributed by atoms with Crippen LogP contribution in [0.1, 0.15) is 117 Å². The molecule has 4 nitrogen and oxygen atoms in total. The van der Waals surface area contributed by atoms with Crippen molar-refractivity contribution >= 4 is 36.0 Å². The minimum Gasteiger partial charge on any atom is -0.507 e. The summed E-state index contributed by atoms with van der Waals surface area (Å²) in [5.41, 5.74) is 3.09. The molecule has 3 rings (SSSR count). The predicted octanol–water partition coefficient (Wildman–Crippen LogP) is 9.54. The van der Waals surface area contributed by atoms with Crippen molar-refractivity contribution in [2.24, 2.45) is 9.98 Å². The Labute approximate surface area is 251 Å². The number of phenolic OH excluding ortho intramolecular Hbond substituents is 2. The number of nitrogens with zero attached hydrogens (tertiary/aromatic N) is 2. The van der Waals surface area contributed by atoms with Gasteiger partial charge in [0.05, 0.1) is 12.1 Å². The molecule has 0 bridgehead atoms. The lowest BCUT2D eigenvalue weighted by Gasteiger charge is -2.26. The fourth-order valence-corrected chi connectivity index (χ4v) is 6.92. The first-order valence-corrected chi connectivity index (χ1v) is 16.5. The lowest BCUT2D eigenvalue weighted by molar-refractivity contribution is 0.389. The van der Waals surface area contributed by atoms with Gasteiger partial charge >= 0.3 is 0 Å². The summed E-state index contributed by atoms with van der Waals surface area (Å²) >= 11 is 3.61. The fourth-order valence-electron chi connectivity index (χ4n) is 5.07. The number of hydrogen-bond acceptors (Lipinski definition) is 6. The third-order valence-corrected chi connectivity index (χ3v) is 9.05. The minimum atomic E-state index is -0.172. The molecule has 2 aromatic carbocycles. The quantitative estimate of drug-likeness (QED) is 0.240. The molecule has 1 aliphatic rings. The maximum Gasteiger partial charge on any atom is 0.128 e. The van der Waals surface area contributed by atoms with E-state index in [1.807, 2.05) is 12.4 Å². The van der Waals surface area contributed by atoms with Crippen LogP contribution >= 0.6 is 23.5 Å². The highest BCUT2D eigenvalue weighted by atomic mass is 32.2. The topological polar surface area (TPSA) is 65.2 Å². The zero-order chi connectivity index (χ0) is 29.8. The Morgan fingerprint density at radius 1 is 0.675 bits per heavy atom. The van der Waals surface area contributed by atoms with Crippen LogP contribution in [0.4, 0.5) is 0 Å². The second-order valence-corrected chi connectivity index (χ2v) is 16.9. The standard InChI is InChI=1S/C34H50N2O2S2/c1-21(2)39-25-15-23(31(37)27(17-25)33(5,6)7)19-35-29-13-11-12-14-30(29)36-20-24-16-26(40-22(3)4)18-28(32(24)38)34(8,9)10/h15-22,29-30,37-38H,11-14H2,1-10H3/t29-,30-/m1/s1. The highest BCUT2D eigenvalue weighted by Crippen LogP contribution is 2.39. The van der Waals surface area contributed by atoms with Crippen LogP contribution < -0.4 is 0 Å². The van der Waals surface area contributed by atoms with E-state index in [1.165, 1.54) is 0 Å². The Morgan fingerprint density at radius 2 is 1.02 bits per heavy atom. The predicted molar refractivity (Wildman–Crippen MR) is 177 cm³/mol. The Kier molecular flexibility index (Phi) is 10.9. The van der Waals surface area contributed by atoms with E-state index in [2.05, 4.69) is 93.5 Å². The smallest absolute Gasteiger partial charge is 0.128 e. The average molecular weight is 583 g/mol. The van der Waals surface area contributed by atoms with Gasteiger partial charge < -0.3 is 10.2 Å². The highest BCUT2D eigenvalue weighted by molar-refractivity contribution is 8.00. The van der Waals surface area contributed by atoms with E-state index < -0.39 is 0 Å². The van der Waals surface area contributed by atoms with Gasteiger partial charge in [0.2, 0.25) is 0 Å². The summed E-state index contributed by atoms with van der Waals surface area (Å²) in [6.45, 7) is 21.5. The van der Waals surface area contributed by atoms with Gasteiger partial charge in [0.25, 0.3) is 0 Å². The van der Waals surface area contributed by atoms with E-state index in [-0.39, 0.29) is 22.9 Å². The van der Waals surface area contributed by atoms with Gasteiger partial charge in [0.1, 0.15) is 11.5 Å². The average Bonchev–Trinajstić information content (AvgIpc) is 2.82. The molecule has 0 aliphatic heterocycles. The van der Waals surface area contributed by atoms with Crippen molar-refractivity contribution in [3.63, 3.8) is 0 Å². The van der Waals surface area contributed by atoms with Crippen molar-refractivity contribution in [2.75, 3.05) is 0 Å². The van der Waals surface area contributed by atoms with Crippen molar-refractivity contribution in [3.8, 4) is 11.5 Å². The molecule has 6 heteroatoms. The van der Waals surface area contributed by atoms with Crippen molar-refractivity contribution in [1.82, 2.24) is 0 Å². The molecule has 40 heavy (non-hydrogen) atoms. The fraction of sp³-hybridized carbons (Fsp3) is 0.588. The summed E-state index contributed by atoms with van der Waals surface area (Å²) < 4.78 is 0. The molecular formula is C34H50N2O2S2. The van der Waals surface area contributed by atoms with Crippen LogP contribution in [0.5, 0.6) is 11.5 Å². The summed E-state index contributed by atoms with van der Waals surface area (Å²) in [5.74, 6) is 0.638. The van der Waals surface area contributed by atoms with E-state index in [9.17, 15) is 10.2 Å². The lowest BCUT2D eigenvalue weighted by Crippen LogP contribution is -2.27.